The number of rotatable bonds is 8. The predicted molar refractivity (Wildman–Crippen MR) is 127 cm³/mol. The molecule has 36 heavy (non-hydrogen) atoms. The van der Waals surface area contributed by atoms with Crippen LogP contribution in [0.25, 0.3) is 10.6 Å². The summed E-state index contributed by atoms with van der Waals surface area (Å²) >= 11 is 1.24. The van der Waals surface area contributed by atoms with Crippen molar-refractivity contribution < 1.29 is 30.7 Å². The largest absolute Gasteiger partial charge is 0.434 e. The Labute approximate surface area is 208 Å². The third-order valence-corrected chi connectivity index (χ3v) is 7.14. The van der Waals surface area contributed by atoms with Crippen LogP contribution in [0.15, 0.2) is 24.4 Å². The molecule has 0 amide bonds. The first kappa shape index (κ1) is 26.0. The van der Waals surface area contributed by atoms with Crippen LogP contribution in [0.5, 0.6) is 11.6 Å². The minimum atomic E-state index is -4.97. The van der Waals surface area contributed by atoms with Gasteiger partial charge in [-0.05, 0) is 31.5 Å². The standard InChI is InChI=1S/C21H22F4N6O3S2/c1-10-5-17(14(23)7-16(10)31-36(32,33)20(24)25)34-19-18(35-11(2)28-19)15-3-4-27-21(30-15)29-13-6-12(22)8-26-9-13/h3-5,7,12-13,20,26,31H,6,8-9H2,1-2H3,(H,27,29,30)/t12-,13-/m0/s1. The molecule has 0 saturated carbocycles. The van der Waals surface area contributed by atoms with Crippen LogP contribution in [0.3, 0.4) is 0 Å². The van der Waals surface area contributed by atoms with E-state index in [0.717, 1.165) is 6.07 Å². The lowest BCUT2D eigenvalue weighted by molar-refractivity contribution is 0.236. The first-order chi connectivity index (χ1) is 17.0. The predicted octanol–water partition coefficient (Wildman–Crippen LogP) is 4.22. The van der Waals surface area contributed by atoms with Gasteiger partial charge in [0.05, 0.1) is 16.4 Å². The van der Waals surface area contributed by atoms with Gasteiger partial charge in [0, 0.05) is 37.8 Å². The fourth-order valence-electron chi connectivity index (χ4n) is 3.52. The fourth-order valence-corrected chi connectivity index (χ4v) is 4.95. The lowest BCUT2D eigenvalue weighted by Crippen LogP contribution is -2.44. The second kappa shape index (κ2) is 10.5. The van der Waals surface area contributed by atoms with Crippen LogP contribution >= 0.6 is 11.3 Å². The zero-order valence-electron chi connectivity index (χ0n) is 19.1. The molecule has 0 unspecified atom stereocenters. The Hall–Kier alpha value is -3.04. The summed E-state index contributed by atoms with van der Waals surface area (Å²) < 4.78 is 84.0. The molecule has 1 saturated heterocycles. The van der Waals surface area contributed by atoms with Crippen molar-refractivity contribution in [1.29, 1.82) is 0 Å². The summed E-state index contributed by atoms with van der Waals surface area (Å²) in [6, 6.07) is 3.35. The minimum Gasteiger partial charge on any atom is -0.434 e. The van der Waals surface area contributed by atoms with Gasteiger partial charge >= 0.3 is 5.76 Å². The molecule has 0 radical (unpaired) electrons. The molecule has 0 bridgehead atoms. The Bertz CT molecular complexity index is 1360. The van der Waals surface area contributed by atoms with Crippen LogP contribution in [0.1, 0.15) is 17.0 Å². The monoisotopic (exact) mass is 546 g/mol. The highest BCUT2D eigenvalue weighted by atomic mass is 32.2. The van der Waals surface area contributed by atoms with Crippen LogP contribution in [-0.2, 0) is 10.0 Å². The lowest BCUT2D eigenvalue weighted by Gasteiger charge is -2.26. The quantitative estimate of drug-likeness (QED) is 0.360. The SMILES string of the molecule is Cc1nc(Oc2cc(C)c(NS(=O)(=O)C(F)F)cc2F)c(-c2ccnc(N[C@@H]3CNC[C@@H](F)C3)n2)s1. The summed E-state index contributed by atoms with van der Waals surface area (Å²) in [6.45, 7) is 3.99. The zero-order chi connectivity index (χ0) is 26.0. The van der Waals surface area contributed by atoms with E-state index in [1.807, 2.05) is 0 Å². The maximum Gasteiger partial charge on any atom is 0.355 e. The Morgan fingerprint density at radius 2 is 2.00 bits per heavy atom. The average Bonchev–Trinajstić information content (AvgIpc) is 3.17. The fraction of sp³-hybridized carbons (Fsp3) is 0.381. The highest BCUT2D eigenvalue weighted by Gasteiger charge is 2.26. The topological polar surface area (TPSA) is 118 Å². The zero-order valence-corrected chi connectivity index (χ0v) is 20.7. The van der Waals surface area contributed by atoms with E-state index in [1.165, 1.54) is 30.5 Å². The Kier molecular flexibility index (Phi) is 7.61. The van der Waals surface area contributed by atoms with Gasteiger partial charge in [-0.2, -0.15) is 8.78 Å². The molecule has 3 N–H and O–H groups in total. The first-order valence-corrected chi connectivity index (χ1v) is 13.1. The van der Waals surface area contributed by atoms with Crippen molar-refractivity contribution in [2.45, 2.75) is 38.2 Å². The number of piperidine rings is 1. The molecule has 2 aromatic heterocycles. The lowest BCUT2D eigenvalue weighted by atomic mass is 10.1. The third-order valence-electron chi connectivity index (χ3n) is 5.19. The number of sulfonamides is 1. The van der Waals surface area contributed by atoms with Crippen molar-refractivity contribution in [3.63, 3.8) is 0 Å². The second-order valence-corrected chi connectivity index (χ2v) is 10.9. The Morgan fingerprint density at radius 1 is 1.22 bits per heavy atom. The van der Waals surface area contributed by atoms with Gasteiger partial charge in [-0.25, -0.2) is 32.2 Å². The number of hydrogen-bond donors (Lipinski definition) is 3. The number of benzene rings is 1. The van der Waals surface area contributed by atoms with Crippen LogP contribution in [0.2, 0.25) is 0 Å². The number of hydrogen-bond acceptors (Lipinski definition) is 9. The van der Waals surface area contributed by atoms with E-state index in [0.29, 0.717) is 35.1 Å². The summed E-state index contributed by atoms with van der Waals surface area (Å²) in [7, 11) is -4.97. The molecular weight excluding hydrogens is 524 g/mol. The number of anilines is 2. The van der Waals surface area contributed by atoms with Crippen LogP contribution in [-0.4, -0.2) is 54.4 Å². The molecule has 1 aliphatic rings. The molecule has 4 rings (SSSR count). The van der Waals surface area contributed by atoms with Gasteiger partial charge in [-0.1, -0.05) is 0 Å². The normalized spacial score (nSPS) is 18.3. The van der Waals surface area contributed by atoms with Gasteiger partial charge < -0.3 is 15.4 Å². The number of nitrogens with one attached hydrogen (secondary N) is 3. The smallest absolute Gasteiger partial charge is 0.355 e. The van der Waals surface area contributed by atoms with Crippen LogP contribution in [0, 0.1) is 19.7 Å². The van der Waals surface area contributed by atoms with Crippen molar-refractivity contribution in [3.8, 4) is 22.2 Å². The summed E-state index contributed by atoms with van der Waals surface area (Å²) in [5.74, 6) is -4.61. The van der Waals surface area contributed by atoms with Crippen molar-refractivity contribution in [2.24, 2.45) is 0 Å². The molecule has 1 aliphatic heterocycles. The summed E-state index contributed by atoms with van der Waals surface area (Å²) in [4.78, 5) is 13.4. The van der Waals surface area contributed by atoms with E-state index >= 15 is 0 Å². The average molecular weight is 547 g/mol. The van der Waals surface area contributed by atoms with Gasteiger partial charge in [-0.3, -0.25) is 4.72 Å². The molecule has 194 valence electrons. The summed E-state index contributed by atoms with van der Waals surface area (Å²) in [5.41, 5.74) is 0.256. The number of thiazole rings is 1. The number of halogens is 4. The van der Waals surface area contributed by atoms with Gasteiger partial charge in [0.1, 0.15) is 11.0 Å². The highest BCUT2D eigenvalue weighted by Crippen LogP contribution is 2.39. The number of nitrogens with zero attached hydrogens (tertiary/aromatic N) is 3. The van der Waals surface area contributed by atoms with Crippen molar-refractivity contribution in [1.82, 2.24) is 20.3 Å². The maximum atomic E-state index is 14.7. The molecule has 1 aromatic carbocycles. The molecule has 3 heterocycles. The van der Waals surface area contributed by atoms with Gasteiger partial charge in [-0.15, -0.1) is 11.3 Å². The van der Waals surface area contributed by atoms with E-state index in [1.54, 1.807) is 17.7 Å². The minimum absolute atomic E-state index is 0.0458. The van der Waals surface area contributed by atoms with Gasteiger partial charge in [0.25, 0.3) is 10.0 Å². The molecule has 0 spiro atoms. The van der Waals surface area contributed by atoms with Crippen molar-refractivity contribution in [2.75, 3.05) is 23.1 Å². The molecule has 3 aromatic rings. The Morgan fingerprint density at radius 3 is 2.72 bits per heavy atom. The van der Waals surface area contributed by atoms with Crippen molar-refractivity contribution >= 4 is 33.0 Å². The molecule has 9 nitrogen and oxygen atoms in total. The maximum absolute atomic E-state index is 14.7. The first-order valence-electron chi connectivity index (χ1n) is 10.7. The molecule has 0 aliphatic carbocycles. The summed E-state index contributed by atoms with van der Waals surface area (Å²) in [5, 5.41) is 6.69. The Balaban J connectivity index is 1.58. The summed E-state index contributed by atoms with van der Waals surface area (Å²) in [6.07, 6.45) is 0.858. The molecule has 2 atom stereocenters. The van der Waals surface area contributed by atoms with Gasteiger partial charge in [0.15, 0.2) is 11.6 Å². The molecule has 1 fully saturated rings. The van der Waals surface area contributed by atoms with Crippen molar-refractivity contribution in [3.05, 3.63) is 40.8 Å². The van der Waals surface area contributed by atoms with Gasteiger partial charge in [0.2, 0.25) is 11.8 Å². The second-order valence-electron chi connectivity index (χ2n) is 8.07. The van der Waals surface area contributed by atoms with E-state index in [9.17, 15) is 26.0 Å². The van der Waals surface area contributed by atoms with Crippen LogP contribution < -0.4 is 20.1 Å². The van der Waals surface area contributed by atoms with E-state index in [4.69, 9.17) is 4.74 Å². The number of aromatic nitrogens is 3. The number of ether oxygens (including phenoxy) is 1. The highest BCUT2D eigenvalue weighted by molar-refractivity contribution is 7.93. The third kappa shape index (κ3) is 6.02. The number of aryl methyl sites for hydroxylation is 2. The number of alkyl halides is 3. The van der Waals surface area contributed by atoms with E-state index in [2.05, 4.69) is 25.6 Å². The van der Waals surface area contributed by atoms with Crippen LogP contribution in [0.4, 0.5) is 29.2 Å². The van der Waals surface area contributed by atoms with E-state index in [-0.39, 0.29) is 34.9 Å². The van der Waals surface area contributed by atoms with E-state index < -0.39 is 27.8 Å². The molecular formula is C21H22F4N6O3S2. The molecule has 15 heteroatoms.